The van der Waals surface area contributed by atoms with Crippen LogP contribution in [0.1, 0.15) is 19.4 Å². The average molecular weight is 290 g/mol. The van der Waals surface area contributed by atoms with Crippen LogP contribution in [-0.4, -0.2) is 16.9 Å². The van der Waals surface area contributed by atoms with Crippen molar-refractivity contribution in [3.8, 4) is 0 Å². The van der Waals surface area contributed by atoms with E-state index in [1.807, 2.05) is 0 Å². The average Bonchev–Trinajstić information content (AvgIpc) is 2.34. The van der Waals surface area contributed by atoms with Gasteiger partial charge in [-0.25, -0.2) is 0 Å². The second-order valence-corrected chi connectivity index (χ2v) is 6.29. The van der Waals surface area contributed by atoms with Crippen molar-refractivity contribution in [2.45, 2.75) is 24.3 Å². The van der Waals surface area contributed by atoms with Gasteiger partial charge in [0.1, 0.15) is 0 Å². The van der Waals surface area contributed by atoms with Crippen LogP contribution >= 0.6 is 24.0 Å². The highest BCUT2D eigenvalue weighted by Gasteiger charge is 2.20. The second kappa shape index (κ2) is 5.80. The lowest BCUT2D eigenvalue weighted by Gasteiger charge is -2.30. The van der Waals surface area contributed by atoms with Crippen LogP contribution in [0.3, 0.4) is 0 Å². The smallest absolute Gasteiger partial charge is 0.171 e. The molecule has 1 aliphatic heterocycles. The largest absolute Gasteiger partial charge is 0.354 e. The van der Waals surface area contributed by atoms with Crippen LogP contribution in [0.2, 0.25) is 0 Å². The van der Waals surface area contributed by atoms with Gasteiger partial charge in [-0.15, -0.1) is 11.8 Å². The summed E-state index contributed by atoms with van der Waals surface area (Å²) in [5, 5.41) is 7.03. The molecule has 0 radical (unpaired) electrons. The van der Waals surface area contributed by atoms with E-state index in [2.05, 4.69) is 73.2 Å². The van der Waals surface area contributed by atoms with E-state index in [4.69, 9.17) is 12.2 Å². The first-order chi connectivity index (χ1) is 8.98. The van der Waals surface area contributed by atoms with Crippen molar-refractivity contribution in [1.82, 2.24) is 10.6 Å². The van der Waals surface area contributed by atoms with E-state index < -0.39 is 0 Å². The molecule has 2 rings (SSSR count). The molecule has 0 bridgehead atoms. The van der Waals surface area contributed by atoms with Crippen LogP contribution in [0.25, 0.3) is 6.08 Å². The third-order valence-corrected chi connectivity index (χ3v) is 3.73. The van der Waals surface area contributed by atoms with Gasteiger partial charge in [0.15, 0.2) is 5.11 Å². The summed E-state index contributed by atoms with van der Waals surface area (Å²) < 4.78 is 0. The van der Waals surface area contributed by atoms with E-state index >= 15 is 0 Å². The maximum Gasteiger partial charge on any atom is 0.171 e. The molecule has 0 atom stereocenters. The van der Waals surface area contributed by atoms with Crippen LogP contribution < -0.4 is 10.6 Å². The Morgan fingerprint density at radius 2 is 1.84 bits per heavy atom. The summed E-state index contributed by atoms with van der Waals surface area (Å²) in [6.45, 7) is 4.20. The van der Waals surface area contributed by atoms with Gasteiger partial charge in [-0.1, -0.05) is 18.2 Å². The Bertz CT molecular complexity index is 528. The highest BCUT2D eigenvalue weighted by atomic mass is 32.2. The molecule has 1 aliphatic rings. The molecule has 1 heterocycles. The van der Waals surface area contributed by atoms with E-state index in [9.17, 15) is 0 Å². The van der Waals surface area contributed by atoms with E-state index in [-0.39, 0.29) is 5.54 Å². The van der Waals surface area contributed by atoms with Gasteiger partial charge >= 0.3 is 0 Å². The molecular formula is C15H18N2S2. The Balaban J connectivity index is 2.13. The zero-order valence-electron chi connectivity index (χ0n) is 11.4. The van der Waals surface area contributed by atoms with Crippen molar-refractivity contribution in [2.75, 3.05) is 6.26 Å². The first kappa shape index (κ1) is 14.2. The molecule has 2 nitrogen and oxygen atoms in total. The molecule has 1 aromatic rings. The summed E-state index contributed by atoms with van der Waals surface area (Å²) in [6.07, 6.45) is 8.36. The summed E-state index contributed by atoms with van der Waals surface area (Å²) in [4.78, 5) is 1.28. The first-order valence-electron chi connectivity index (χ1n) is 6.13. The van der Waals surface area contributed by atoms with E-state index in [0.717, 1.165) is 5.70 Å². The Morgan fingerprint density at radius 1 is 1.16 bits per heavy atom. The van der Waals surface area contributed by atoms with Gasteiger partial charge in [0, 0.05) is 10.6 Å². The topological polar surface area (TPSA) is 24.1 Å². The normalized spacial score (nSPS) is 17.8. The Hall–Kier alpha value is -1.26. The second-order valence-electron chi connectivity index (χ2n) is 5.01. The van der Waals surface area contributed by atoms with Crippen LogP contribution in [0.15, 0.2) is 47.0 Å². The fourth-order valence-electron chi connectivity index (χ4n) is 1.91. The van der Waals surface area contributed by atoms with Crippen LogP contribution in [0.4, 0.5) is 0 Å². The van der Waals surface area contributed by atoms with Crippen LogP contribution in [0.5, 0.6) is 0 Å². The summed E-state index contributed by atoms with van der Waals surface area (Å²) in [7, 11) is 0. The Labute approximate surface area is 124 Å². The van der Waals surface area contributed by atoms with Gasteiger partial charge in [0.05, 0.1) is 5.54 Å². The Kier molecular flexibility index (Phi) is 4.32. The van der Waals surface area contributed by atoms with E-state index in [1.165, 1.54) is 10.5 Å². The monoisotopic (exact) mass is 290 g/mol. The number of nitrogens with one attached hydrogen (secondary N) is 2. The lowest BCUT2D eigenvalue weighted by Crippen LogP contribution is -2.51. The molecule has 0 aliphatic carbocycles. The minimum absolute atomic E-state index is 0.106. The number of thiocarbonyl (C=S) groups is 1. The highest BCUT2D eigenvalue weighted by molar-refractivity contribution is 7.98. The predicted molar refractivity (Wildman–Crippen MR) is 88.3 cm³/mol. The number of thioether (sulfide) groups is 1. The molecule has 0 aromatic heterocycles. The quantitative estimate of drug-likeness (QED) is 0.656. The van der Waals surface area contributed by atoms with Crippen molar-refractivity contribution in [1.29, 1.82) is 0 Å². The third kappa shape index (κ3) is 4.11. The van der Waals surface area contributed by atoms with Gasteiger partial charge in [-0.2, -0.15) is 0 Å². The molecule has 0 amide bonds. The van der Waals surface area contributed by atoms with Crippen molar-refractivity contribution in [3.05, 3.63) is 47.7 Å². The van der Waals surface area contributed by atoms with E-state index in [0.29, 0.717) is 5.11 Å². The minimum Gasteiger partial charge on any atom is -0.354 e. The first-order valence-corrected chi connectivity index (χ1v) is 7.76. The van der Waals surface area contributed by atoms with Crippen molar-refractivity contribution in [3.63, 3.8) is 0 Å². The highest BCUT2D eigenvalue weighted by Crippen LogP contribution is 2.17. The van der Waals surface area contributed by atoms with Gasteiger partial charge in [0.2, 0.25) is 0 Å². The molecule has 0 fully saturated rings. The molecule has 0 saturated carbocycles. The molecule has 1 aromatic carbocycles. The molecule has 4 heteroatoms. The molecular weight excluding hydrogens is 272 g/mol. The van der Waals surface area contributed by atoms with Gasteiger partial charge in [-0.05, 0) is 62.2 Å². The number of benzene rings is 1. The summed E-state index contributed by atoms with van der Waals surface area (Å²) in [5.74, 6) is 0. The summed E-state index contributed by atoms with van der Waals surface area (Å²) in [5.41, 5.74) is 2.11. The van der Waals surface area contributed by atoms with Crippen LogP contribution in [-0.2, 0) is 0 Å². The number of hydrogen-bond donors (Lipinski definition) is 2. The third-order valence-electron chi connectivity index (χ3n) is 2.78. The van der Waals surface area contributed by atoms with Gasteiger partial charge < -0.3 is 10.6 Å². The van der Waals surface area contributed by atoms with Gasteiger partial charge in [0.25, 0.3) is 0 Å². The Morgan fingerprint density at radius 3 is 2.42 bits per heavy atom. The van der Waals surface area contributed by atoms with Crippen molar-refractivity contribution >= 4 is 35.2 Å². The summed E-state index contributed by atoms with van der Waals surface area (Å²) in [6, 6.07) is 8.49. The predicted octanol–water partition coefficient (Wildman–Crippen LogP) is 3.56. The number of allylic oxidation sites excluding steroid dienone is 1. The lowest BCUT2D eigenvalue weighted by atomic mass is 10.0. The molecule has 2 N–H and O–H groups in total. The lowest BCUT2D eigenvalue weighted by molar-refractivity contribution is 0.555. The zero-order chi connectivity index (χ0) is 13.9. The fraction of sp³-hybridized carbons (Fsp3) is 0.267. The number of hydrogen-bond acceptors (Lipinski definition) is 2. The molecule has 0 spiro atoms. The maximum absolute atomic E-state index is 5.20. The van der Waals surface area contributed by atoms with E-state index in [1.54, 1.807) is 11.8 Å². The SMILES string of the molecule is CSc1ccc(C=CC2=CC(C)(C)NC(=S)N2)cc1. The number of rotatable bonds is 3. The zero-order valence-corrected chi connectivity index (χ0v) is 13.0. The van der Waals surface area contributed by atoms with Crippen LogP contribution in [0, 0.1) is 0 Å². The molecule has 0 saturated heterocycles. The maximum atomic E-state index is 5.20. The minimum atomic E-state index is -0.106. The summed E-state index contributed by atoms with van der Waals surface area (Å²) >= 11 is 6.95. The molecule has 0 unspecified atom stereocenters. The standard InChI is InChI=1S/C15H18N2S2/c1-15(2)10-12(16-14(18)17-15)7-4-11-5-8-13(19-3)9-6-11/h4-10H,1-3H3,(H2,16,17,18). The molecule has 100 valence electrons. The molecule has 19 heavy (non-hydrogen) atoms. The van der Waals surface area contributed by atoms with Crippen molar-refractivity contribution < 1.29 is 0 Å². The van der Waals surface area contributed by atoms with Crippen molar-refractivity contribution in [2.24, 2.45) is 0 Å². The fourth-order valence-corrected chi connectivity index (χ4v) is 2.70. The van der Waals surface area contributed by atoms with Gasteiger partial charge in [-0.3, -0.25) is 0 Å².